The van der Waals surface area contributed by atoms with Crippen LogP contribution < -0.4 is 10.2 Å². The van der Waals surface area contributed by atoms with Gasteiger partial charge in [-0.25, -0.2) is 0 Å². The van der Waals surface area contributed by atoms with Crippen molar-refractivity contribution in [2.75, 3.05) is 36.5 Å². The minimum atomic E-state index is -0.891. The van der Waals surface area contributed by atoms with Crippen molar-refractivity contribution in [1.29, 1.82) is 0 Å². The summed E-state index contributed by atoms with van der Waals surface area (Å²) >= 11 is 0. The third-order valence-corrected chi connectivity index (χ3v) is 3.96. The molecule has 6 nitrogen and oxygen atoms in total. The second-order valence-electron chi connectivity index (χ2n) is 5.42. The van der Waals surface area contributed by atoms with Gasteiger partial charge in [0.05, 0.1) is 25.0 Å². The Hall–Kier alpha value is -2.08. The minimum absolute atomic E-state index is 0.207. The average Bonchev–Trinajstić information content (AvgIpc) is 3.30. The van der Waals surface area contributed by atoms with Gasteiger partial charge in [0.25, 0.3) is 0 Å². The van der Waals surface area contributed by atoms with Crippen LogP contribution in [0.15, 0.2) is 24.3 Å². The molecule has 21 heavy (non-hydrogen) atoms. The fourth-order valence-corrected chi connectivity index (χ4v) is 2.57. The Balaban J connectivity index is 1.57. The fourth-order valence-electron chi connectivity index (χ4n) is 2.57. The third-order valence-electron chi connectivity index (χ3n) is 3.96. The molecule has 3 rings (SSSR count). The molecule has 112 valence electrons. The molecule has 1 aliphatic carbocycles. The summed E-state index contributed by atoms with van der Waals surface area (Å²) in [5.41, 5.74) is 1.80. The lowest BCUT2D eigenvalue weighted by molar-refractivity contribution is -0.139. The first-order valence-corrected chi connectivity index (χ1v) is 7.11. The number of ether oxygens (including phenoxy) is 1. The first-order chi connectivity index (χ1) is 10.1. The molecule has 0 radical (unpaired) electrons. The number of carboxylic acids is 1. The predicted octanol–water partition coefficient (Wildman–Crippen LogP) is 1.18. The Morgan fingerprint density at radius 3 is 2.38 bits per heavy atom. The fraction of sp³-hybridized carbons (Fsp3) is 0.467. The molecule has 2 N–H and O–H groups in total. The molecule has 2 fully saturated rings. The number of nitrogens with one attached hydrogen (secondary N) is 1. The molecule has 0 bridgehead atoms. The van der Waals surface area contributed by atoms with Gasteiger partial charge in [-0.3, -0.25) is 9.59 Å². The van der Waals surface area contributed by atoms with Crippen molar-refractivity contribution in [1.82, 2.24) is 0 Å². The van der Waals surface area contributed by atoms with Gasteiger partial charge in [0, 0.05) is 24.5 Å². The summed E-state index contributed by atoms with van der Waals surface area (Å²) in [6.45, 7) is 3.20. The monoisotopic (exact) mass is 290 g/mol. The number of aliphatic carboxylic acids is 1. The first kappa shape index (κ1) is 13.9. The summed E-state index contributed by atoms with van der Waals surface area (Å²) in [5.74, 6) is -2.00. The number of carbonyl (C=O) groups is 2. The SMILES string of the molecule is O=C(O)C1CC1C(=O)Nc1ccc(N2CCOCC2)cc1. The smallest absolute Gasteiger partial charge is 0.307 e. The van der Waals surface area contributed by atoms with E-state index in [1.54, 1.807) is 0 Å². The Kier molecular flexibility index (Phi) is 3.79. The van der Waals surface area contributed by atoms with Gasteiger partial charge in [-0.2, -0.15) is 0 Å². The topological polar surface area (TPSA) is 78.9 Å². The highest BCUT2D eigenvalue weighted by Gasteiger charge is 2.48. The predicted molar refractivity (Wildman–Crippen MR) is 77.3 cm³/mol. The number of nitrogens with zero attached hydrogens (tertiary/aromatic N) is 1. The van der Waals surface area contributed by atoms with Crippen molar-refractivity contribution >= 4 is 23.3 Å². The molecule has 1 aliphatic heterocycles. The van der Waals surface area contributed by atoms with Crippen molar-refractivity contribution in [2.24, 2.45) is 11.8 Å². The first-order valence-electron chi connectivity index (χ1n) is 7.11. The largest absolute Gasteiger partial charge is 0.481 e. The lowest BCUT2D eigenvalue weighted by atomic mass is 10.2. The zero-order valence-electron chi connectivity index (χ0n) is 11.6. The van der Waals surface area contributed by atoms with Crippen LogP contribution >= 0.6 is 0 Å². The molecule has 6 heteroatoms. The van der Waals surface area contributed by atoms with Gasteiger partial charge in [-0.1, -0.05) is 0 Å². The van der Waals surface area contributed by atoms with Crippen LogP contribution in [0.2, 0.25) is 0 Å². The molecule has 1 aromatic carbocycles. The average molecular weight is 290 g/mol. The van der Waals surface area contributed by atoms with E-state index >= 15 is 0 Å². The van der Waals surface area contributed by atoms with Gasteiger partial charge < -0.3 is 20.1 Å². The molecule has 1 aromatic rings. The van der Waals surface area contributed by atoms with Crippen molar-refractivity contribution < 1.29 is 19.4 Å². The highest BCUT2D eigenvalue weighted by molar-refractivity contribution is 5.98. The lowest BCUT2D eigenvalue weighted by Crippen LogP contribution is -2.36. The van der Waals surface area contributed by atoms with Crippen LogP contribution in [-0.4, -0.2) is 43.3 Å². The van der Waals surface area contributed by atoms with Crippen LogP contribution in [0.25, 0.3) is 0 Å². The van der Waals surface area contributed by atoms with E-state index in [0.29, 0.717) is 12.1 Å². The normalized spacial score (nSPS) is 24.5. The van der Waals surface area contributed by atoms with Crippen molar-refractivity contribution in [3.63, 3.8) is 0 Å². The van der Waals surface area contributed by atoms with E-state index < -0.39 is 11.9 Å². The van der Waals surface area contributed by atoms with Crippen LogP contribution in [-0.2, 0) is 14.3 Å². The molecule has 2 unspecified atom stereocenters. The molecule has 1 heterocycles. The Labute approximate surface area is 122 Å². The van der Waals surface area contributed by atoms with Crippen LogP contribution in [0.4, 0.5) is 11.4 Å². The van der Waals surface area contributed by atoms with E-state index in [2.05, 4.69) is 10.2 Å². The Bertz CT molecular complexity index is 537. The maximum Gasteiger partial charge on any atom is 0.307 e. The zero-order chi connectivity index (χ0) is 14.8. The van der Waals surface area contributed by atoms with E-state index in [0.717, 1.165) is 32.0 Å². The van der Waals surface area contributed by atoms with E-state index in [-0.39, 0.29) is 11.8 Å². The summed E-state index contributed by atoms with van der Waals surface area (Å²) in [7, 11) is 0. The minimum Gasteiger partial charge on any atom is -0.481 e. The Morgan fingerprint density at radius 2 is 1.81 bits per heavy atom. The lowest BCUT2D eigenvalue weighted by Gasteiger charge is -2.28. The molecule has 2 atom stereocenters. The van der Waals surface area contributed by atoms with Crippen molar-refractivity contribution in [3.8, 4) is 0 Å². The summed E-state index contributed by atoms with van der Waals surface area (Å²) < 4.78 is 5.31. The highest BCUT2D eigenvalue weighted by atomic mass is 16.5. The van der Waals surface area contributed by atoms with Gasteiger partial charge in [-0.15, -0.1) is 0 Å². The highest BCUT2D eigenvalue weighted by Crippen LogP contribution is 2.39. The van der Waals surface area contributed by atoms with Crippen LogP contribution in [0.5, 0.6) is 0 Å². The van der Waals surface area contributed by atoms with Crippen LogP contribution in [0, 0.1) is 11.8 Å². The van der Waals surface area contributed by atoms with Gasteiger partial charge in [0.1, 0.15) is 0 Å². The van der Waals surface area contributed by atoms with Crippen molar-refractivity contribution in [2.45, 2.75) is 6.42 Å². The molecule has 1 amide bonds. The van der Waals surface area contributed by atoms with E-state index in [1.807, 2.05) is 24.3 Å². The van der Waals surface area contributed by atoms with Gasteiger partial charge in [0.15, 0.2) is 0 Å². The standard InChI is InChI=1S/C15H18N2O4/c18-14(12-9-13(12)15(19)20)16-10-1-3-11(4-2-10)17-5-7-21-8-6-17/h1-4,12-13H,5-9H2,(H,16,18)(H,19,20). The van der Waals surface area contributed by atoms with Gasteiger partial charge >= 0.3 is 5.97 Å². The number of morpholine rings is 1. The number of hydrogen-bond acceptors (Lipinski definition) is 4. The van der Waals surface area contributed by atoms with Crippen LogP contribution in [0.3, 0.4) is 0 Å². The van der Waals surface area contributed by atoms with Crippen molar-refractivity contribution in [3.05, 3.63) is 24.3 Å². The van der Waals surface area contributed by atoms with Gasteiger partial charge in [0.2, 0.25) is 5.91 Å². The van der Waals surface area contributed by atoms with E-state index in [1.165, 1.54) is 0 Å². The molecule has 1 saturated heterocycles. The molecular formula is C15H18N2O4. The zero-order valence-corrected chi connectivity index (χ0v) is 11.6. The maximum atomic E-state index is 11.9. The number of amides is 1. The second kappa shape index (κ2) is 5.73. The molecule has 0 aromatic heterocycles. The number of hydrogen-bond donors (Lipinski definition) is 2. The number of anilines is 2. The molecule has 1 saturated carbocycles. The summed E-state index contributed by atoms with van der Waals surface area (Å²) in [6, 6.07) is 7.62. The number of carbonyl (C=O) groups excluding carboxylic acids is 1. The van der Waals surface area contributed by atoms with Crippen LogP contribution in [0.1, 0.15) is 6.42 Å². The number of benzene rings is 1. The number of rotatable bonds is 4. The Morgan fingerprint density at radius 1 is 1.14 bits per heavy atom. The summed E-state index contributed by atoms with van der Waals surface area (Å²) in [5, 5.41) is 11.6. The molecule has 0 spiro atoms. The quantitative estimate of drug-likeness (QED) is 0.870. The number of carboxylic acid groups (broad SMARTS) is 1. The second-order valence-corrected chi connectivity index (χ2v) is 5.42. The maximum absolute atomic E-state index is 11.9. The summed E-state index contributed by atoms with van der Waals surface area (Å²) in [4.78, 5) is 24.9. The van der Waals surface area contributed by atoms with E-state index in [9.17, 15) is 9.59 Å². The van der Waals surface area contributed by atoms with Gasteiger partial charge in [-0.05, 0) is 30.7 Å². The molecular weight excluding hydrogens is 272 g/mol. The molecule has 2 aliphatic rings. The summed E-state index contributed by atoms with van der Waals surface area (Å²) in [6.07, 6.45) is 0.438. The van der Waals surface area contributed by atoms with E-state index in [4.69, 9.17) is 9.84 Å². The third kappa shape index (κ3) is 3.16.